The Bertz CT molecular complexity index is 595. The summed E-state index contributed by atoms with van der Waals surface area (Å²) in [6.45, 7) is 2.05. The monoisotopic (exact) mass is 264 g/mol. The first-order chi connectivity index (χ1) is 9.85. The van der Waals surface area contributed by atoms with Crippen molar-refractivity contribution in [3.63, 3.8) is 0 Å². The summed E-state index contributed by atoms with van der Waals surface area (Å²) in [5.41, 5.74) is 3.61. The van der Waals surface area contributed by atoms with Crippen LogP contribution in [0.3, 0.4) is 0 Å². The number of hydrogen-bond donors (Lipinski definition) is 0. The molecule has 1 aliphatic rings. The molecule has 0 bridgehead atoms. The Balaban J connectivity index is 1.56. The van der Waals surface area contributed by atoms with Crippen molar-refractivity contribution >= 4 is 0 Å². The van der Waals surface area contributed by atoms with Gasteiger partial charge in [-0.1, -0.05) is 54.6 Å². The van der Waals surface area contributed by atoms with E-state index in [0.29, 0.717) is 6.61 Å². The van der Waals surface area contributed by atoms with Gasteiger partial charge in [0.15, 0.2) is 6.19 Å². The average molecular weight is 264 g/mol. The minimum Gasteiger partial charge on any atom is -0.370 e. The van der Waals surface area contributed by atoms with E-state index in [-0.39, 0.29) is 6.10 Å². The molecular weight excluding hydrogens is 248 g/mol. The van der Waals surface area contributed by atoms with E-state index in [2.05, 4.69) is 42.6 Å². The number of rotatable bonds is 4. The summed E-state index contributed by atoms with van der Waals surface area (Å²) in [4.78, 5) is 1.70. The first-order valence-corrected chi connectivity index (χ1v) is 6.76. The molecule has 1 aliphatic heterocycles. The first-order valence-electron chi connectivity index (χ1n) is 6.76. The average Bonchev–Trinajstić information content (AvgIpc) is 2.47. The van der Waals surface area contributed by atoms with Gasteiger partial charge in [-0.15, -0.1) is 0 Å². The van der Waals surface area contributed by atoms with Crippen molar-refractivity contribution in [2.24, 2.45) is 0 Å². The summed E-state index contributed by atoms with van der Waals surface area (Å²) in [5, 5.41) is 8.65. The minimum absolute atomic E-state index is 0.198. The van der Waals surface area contributed by atoms with Crippen molar-refractivity contribution in [1.82, 2.24) is 4.90 Å². The third-order valence-electron chi connectivity index (χ3n) is 3.54. The van der Waals surface area contributed by atoms with Crippen molar-refractivity contribution in [1.29, 1.82) is 5.26 Å². The minimum atomic E-state index is 0.198. The zero-order valence-corrected chi connectivity index (χ0v) is 11.2. The van der Waals surface area contributed by atoms with Gasteiger partial charge in [0.05, 0.1) is 25.8 Å². The molecule has 3 nitrogen and oxygen atoms in total. The smallest absolute Gasteiger partial charge is 0.179 e. The van der Waals surface area contributed by atoms with Crippen LogP contribution in [0, 0.1) is 11.5 Å². The van der Waals surface area contributed by atoms with E-state index in [1.807, 2.05) is 18.2 Å². The lowest BCUT2D eigenvalue weighted by atomic mass is 10.0. The molecule has 1 heterocycles. The molecule has 0 aliphatic carbocycles. The lowest BCUT2D eigenvalue weighted by Crippen LogP contribution is -2.49. The fraction of sp³-hybridized carbons (Fsp3) is 0.235. The van der Waals surface area contributed by atoms with Gasteiger partial charge in [0.2, 0.25) is 0 Å². The van der Waals surface area contributed by atoms with Gasteiger partial charge in [0, 0.05) is 0 Å². The molecule has 0 N–H and O–H groups in total. The number of benzene rings is 2. The normalized spacial score (nSPS) is 14.7. The second-order valence-corrected chi connectivity index (χ2v) is 5.00. The molecule has 100 valence electrons. The third-order valence-corrected chi connectivity index (χ3v) is 3.54. The van der Waals surface area contributed by atoms with Crippen LogP contribution < -0.4 is 0 Å². The van der Waals surface area contributed by atoms with Crippen LogP contribution in [-0.4, -0.2) is 24.1 Å². The standard InChI is InChI=1S/C17H16N2O/c18-13-19-10-17(11-19)20-12-14-6-8-16(9-7-14)15-4-2-1-3-5-15/h1-9,17H,10-12H2. The summed E-state index contributed by atoms with van der Waals surface area (Å²) < 4.78 is 5.75. The number of nitriles is 1. The topological polar surface area (TPSA) is 36.3 Å². The molecule has 0 unspecified atom stereocenters. The van der Waals surface area contributed by atoms with E-state index < -0.39 is 0 Å². The number of hydrogen-bond acceptors (Lipinski definition) is 3. The molecule has 0 saturated carbocycles. The molecule has 20 heavy (non-hydrogen) atoms. The van der Waals surface area contributed by atoms with Crippen molar-refractivity contribution in [3.05, 3.63) is 60.2 Å². The molecule has 2 aromatic carbocycles. The van der Waals surface area contributed by atoms with Crippen molar-refractivity contribution < 1.29 is 4.74 Å². The highest BCUT2D eigenvalue weighted by atomic mass is 16.5. The maximum absolute atomic E-state index is 8.65. The van der Waals surface area contributed by atoms with Gasteiger partial charge in [-0.05, 0) is 16.7 Å². The first kappa shape index (κ1) is 12.7. The molecule has 1 fully saturated rings. The Kier molecular flexibility index (Phi) is 3.67. The van der Waals surface area contributed by atoms with Crippen LogP contribution >= 0.6 is 0 Å². The van der Waals surface area contributed by atoms with Gasteiger partial charge in [-0.3, -0.25) is 0 Å². The maximum Gasteiger partial charge on any atom is 0.179 e. The zero-order valence-electron chi connectivity index (χ0n) is 11.2. The molecule has 1 saturated heterocycles. The summed E-state index contributed by atoms with van der Waals surface area (Å²) >= 11 is 0. The Hall–Kier alpha value is -2.31. The molecular formula is C17H16N2O. The molecule has 0 amide bonds. The van der Waals surface area contributed by atoms with Gasteiger partial charge in [-0.25, -0.2) is 0 Å². The van der Waals surface area contributed by atoms with E-state index in [1.165, 1.54) is 16.7 Å². The largest absolute Gasteiger partial charge is 0.370 e. The van der Waals surface area contributed by atoms with Crippen LogP contribution in [0.5, 0.6) is 0 Å². The van der Waals surface area contributed by atoms with Crippen LogP contribution in [0.1, 0.15) is 5.56 Å². The molecule has 0 spiro atoms. The predicted octanol–water partition coefficient (Wildman–Crippen LogP) is 3.04. The molecule has 3 rings (SSSR count). The van der Waals surface area contributed by atoms with Gasteiger partial charge < -0.3 is 9.64 Å². The maximum atomic E-state index is 8.65. The number of ether oxygens (including phenoxy) is 1. The third kappa shape index (κ3) is 2.81. The van der Waals surface area contributed by atoms with Gasteiger partial charge in [-0.2, -0.15) is 5.26 Å². The van der Waals surface area contributed by atoms with Crippen molar-refractivity contribution in [3.8, 4) is 17.3 Å². The number of likely N-dealkylation sites (tertiary alicyclic amines) is 1. The molecule has 2 aromatic rings. The molecule has 0 atom stereocenters. The van der Waals surface area contributed by atoms with E-state index >= 15 is 0 Å². The van der Waals surface area contributed by atoms with E-state index in [4.69, 9.17) is 10.00 Å². The summed E-state index contributed by atoms with van der Waals surface area (Å²) in [6.07, 6.45) is 2.31. The number of nitrogens with zero attached hydrogens (tertiary/aromatic N) is 2. The Labute approximate surface area is 119 Å². The van der Waals surface area contributed by atoms with Gasteiger partial charge in [0.1, 0.15) is 0 Å². The molecule has 3 heteroatoms. The van der Waals surface area contributed by atoms with Crippen LogP contribution in [0.4, 0.5) is 0 Å². The summed E-state index contributed by atoms with van der Waals surface area (Å²) in [6, 6.07) is 18.8. The van der Waals surface area contributed by atoms with E-state index in [0.717, 1.165) is 13.1 Å². The molecule has 0 aromatic heterocycles. The fourth-order valence-corrected chi connectivity index (χ4v) is 2.26. The quantitative estimate of drug-likeness (QED) is 0.796. The van der Waals surface area contributed by atoms with Crippen LogP contribution in [-0.2, 0) is 11.3 Å². The fourth-order valence-electron chi connectivity index (χ4n) is 2.26. The van der Waals surface area contributed by atoms with Crippen LogP contribution in [0.25, 0.3) is 11.1 Å². The summed E-state index contributed by atoms with van der Waals surface area (Å²) in [5.74, 6) is 0. The Morgan fingerprint density at radius 3 is 2.30 bits per heavy atom. The van der Waals surface area contributed by atoms with Crippen molar-refractivity contribution in [2.45, 2.75) is 12.7 Å². The Morgan fingerprint density at radius 1 is 1.00 bits per heavy atom. The van der Waals surface area contributed by atoms with Crippen LogP contribution in [0.2, 0.25) is 0 Å². The second-order valence-electron chi connectivity index (χ2n) is 5.00. The highest BCUT2D eigenvalue weighted by Gasteiger charge is 2.26. The Morgan fingerprint density at radius 2 is 1.65 bits per heavy atom. The summed E-state index contributed by atoms with van der Waals surface area (Å²) in [7, 11) is 0. The molecule has 0 radical (unpaired) electrons. The van der Waals surface area contributed by atoms with Crippen LogP contribution in [0.15, 0.2) is 54.6 Å². The lowest BCUT2D eigenvalue weighted by Gasteiger charge is -2.34. The SMILES string of the molecule is N#CN1CC(OCc2ccc(-c3ccccc3)cc2)C1. The van der Waals surface area contributed by atoms with E-state index in [9.17, 15) is 0 Å². The van der Waals surface area contributed by atoms with E-state index in [1.54, 1.807) is 4.90 Å². The zero-order chi connectivity index (χ0) is 13.8. The predicted molar refractivity (Wildman–Crippen MR) is 77.6 cm³/mol. The lowest BCUT2D eigenvalue weighted by molar-refractivity contribution is -0.0400. The highest BCUT2D eigenvalue weighted by molar-refractivity contribution is 5.63. The van der Waals surface area contributed by atoms with Crippen molar-refractivity contribution in [2.75, 3.05) is 13.1 Å². The van der Waals surface area contributed by atoms with Gasteiger partial charge in [0.25, 0.3) is 0 Å². The highest BCUT2D eigenvalue weighted by Crippen LogP contribution is 2.20. The van der Waals surface area contributed by atoms with Gasteiger partial charge >= 0.3 is 0 Å². The second kappa shape index (κ2) is 5.77.